The first-order valence-corrected chi connectivity index (χ1v) is 11.0. The molecule has 2 aromatic rings. The molecule has 2 aliphatic rings. The number of amides is 2. The lowest BCUT2D eigenvalue weighted by atomic mass is 9.96. The number of benzene rings is 2. The molecule has 6 heteroatoms. The van der Waals surface area contributed by atoms with Crippen LogP contribution in [0.4, 0.5) is 0 Å². The van der Waals surface area contributed by atoms with Gasteiger partial charge in [0, 0.05) is 35.8 Å². The summed E-state index contributed by atoms with van der Waals surface area (Å²) in [5.74, 6) is 0.333. The zero-order valence-electron chi connectivity index (χ0n) is 17.2. The Morgan fingerprint density at radius 1 is 1.20 bits per heavy atom. The molecule has 1 saturated heterocycles. The maximum atomic E-state index is 12.6. The normalized spacial score (nSPS) is 22.6. The highest BCUT2D eigenvalue weighted by Gasteiger charge is 2.28. The van der Waals surface area contributed by atoms with Gasteiger partial charge in [0.1, 0.15) is 0 Å². The minimum atomic E-state index is -0.0947. The summed E-state index contributed by atoms with van der Waals surface area (Å²) in [6.07, 6.45) is 3.36. The first-order valence-electron chi connectivity index (χ1n) is 10.7. The number of carbonyl (C=O) groups excluding carboxylic acids is 2. The molecule has 2 amide bonds. The third-order valence-electron chi connectivity index (χ3n) is 6.22. The molecule has 1 saturated carbocycles. The van der Waals surface area contributed by atoms with Gasteiger partial charge in [0.15, 0.2) is 0 Å². The van der Waals surface area contributed by atoms with E-state index in [1.807, 2.05) is 30.3 Å². The van der Waals surface area contributed by atoms with Crippen LogP contribution in [0.1, 0.15) is 59.6 Å². The predicted molar refractivity (Wildman–Crippen MR) is 119 cm³/mol. The smallest absolute Gasteiger partial charge is 0.254 e. The fraction of sp³-hybridized carbons (Fsp3) is 0.417. The average molecular weight is 426 g/mol. The molecule has 2 fully saturated rings. The van der Waals surface area contributed by atoms with Crippen LogP contribution in [0.15, 0.2) is 48.5 Å². The molecule has 30 heavy (non-hydrogen) atoms. The fourth-order valence-electron chi connectivity index (χ4n) is 4.55. The molecule has 2 aromatic carbocycles. The van der Waals surface area contributed by atoms with Crippen LogP contribution >= 0.6 is 11.6 Å². The molecule has 3 atom stereocenters. The molecule has 0 radical (unpaired) electrons. The second-order valence-electron chi connectivity index (χ2n) is 8.35. The van der Waals surface area contributed by atoms with Gasteiger partial charge in [-0.3, -0.25) is 9.59 Å². The van der Waals surface area contributed by atoms with Crippen molar-refractivity contribution in [3.05, 3.63) is 70.2 Å². The van der Waals surface area contributed by atoms with E-state index in [1.165, 1.54) is 11.1 Å². The number of carbonyl (C=O) groups is 2. The van der Waals surface area contributed by atoms with Crippen molar-refractivity contribution in [2.45, 2.75) is 44.2 Å². The number of nitrogens with one attached hydrogen (secondary N) is 2. The summed E-state index contributed by atoms with van der Waals surface area (Å²) >= 11 is 6.13. The third-order valence-corrected chi connectivity index (χ3v) is 6.46. The maximum absolute atomic E-state index is 12.6. The number of hydrogen-bond donors (Lipinski definition) is 2. The van der Waals surface area contributed by atoms with Gasteiger partial charge < -0.3 is 15.5 Å². The van der Waals surface area contributed by atoms with Crippen molar-refractivity contribution < 1.29 is 9.59 Å². The van der Waals surface area contributed by atoms with Gasteiger partial charge >= 0.3 is 0 Å². The number of hydrogen-bond acceptors (Lipinski definition) is 3. The molecule has 0 bridgehead atoms. The van der Waals surface area contributed by atoms with Crippen LogP contribution in [0.2, 0.25) is 5.02 Å². The highest BCUT2D eigenvalue weighted by Crippen LogP contribution is 2.35. The molecule has 1 unspecified atom stereocenters. The second-order valence-corrected chi connectivity index (χ2v) is 8.79. The Morgan fingerprint density at radius 2 is 2.00 bits per heavy atom. The fourth-order valence-corrected chi connectivity index (χ4v) is 4.75. The number of halogens is 1. The van der Waals surface area contributed by atoms with Gasteiger partial charge in [-0.25, -0.2) is 0 Å². The average Bonchev–Trinajstić information content (AvgIpc) is 3.22. The summed E-state index contributed by atoms with van der Waals surface area (Å²) in [5.41, 5.74) is 3.14. The molecule has 0 aromatic heterocycles. The Bertz CT molecular complexity index is 915. The SMILES string of the molecule is C[C@@H](NC1CC[C@H](c2ccc(C(=O)N3CCNC(=O)C3)cc2)C1)c1cccc(Cl)c1. The number of rotatable bonds is 5. The zero-order valence-corrected chi connectivity index (χ0v) is 18.0. The molecular formula is C24H28ClN3O2. The molecule has 0 spiro atoms. The van der Waals surface area contributed by atoms with Crippen LogP contribution in [-0.4, -0.2) is 42.4 Å². The monoisotopic (exact) mass is 425 g/mol. The summed E-state index contributed by atoms with van der Waals surface area (Å²) in [6, 6.07) is 16.7. The third kappa shape index (κ3) is 4.85. The van der Waals surface area contributed by atoms with Gasteiger partial charge in [0.05, 0.1) is 6.54 Å². The van der Waals surface area contributed by atoms with Crippen LogP contribution in [0.25, 0.3) is 0 Å². The highest BCUT2D eigenvalue weighted by atomic mass is 35.5. The molecule has 2 N–H and O–H groups in total. The first kappa shape index (κ1) is 20.9. The van der Waals surface area contributed by atoms with E-state index in [9.17, 15) is 9.59 Å². The van der Waals surface area contributed by atoms with Crippen LogP contribution in [-0.2, 0) is 4.79 Å². The van der Waals surface area contributed by atoms with Gasteiger partial charge in [0.25, 0.3) is 5.91 Å². The Hall–Kier alpha value is -2.37. The van der Waals surface area contributed by atoms with Crippen LogP contribution in [0.5, 0.6) is 0 Å². The Balaban J connectivity index is 1.34. The lowest BCUT2D eigenvalue weighted by Crippen LogP contribution is -2.49. The summed E-state index contributed by atoms with van der Waals surface area (Å²) in [6.45, 7) is 3.40. The van der Waals surface area contributed by atoms with E-state index in [2.05, 4.69) is 35.8 Å². The first-order chi connectivity index (χ1) is 14.5. The molecule has 4 rings (SSSR count). The lowest BCUT2D eigenvalue weighted by Gasteiger charge is -2.26. The highest BCUT2D eigenvalue weighted by molar-refractivity contribution is 6.30. The maximum Gasteiger partial charge on any atom is 0.254 e. The predicted octanol–water partition coefficient (Wildman–Crippen LogP) is 3.90. The van der Waals surface area contributed by atoms with E-state index in [1.54, 1.807) is 4.90 Å². The van der Waals surface area contributed by atoms with Crippen molar-refractivity contribution in [2.24, 2.45) is 0 Å². The van der Waals surface area contributed by atoms with Crippen LogP contribution < -0.4 is 10.6 Å². The van der Waals surface area contributed by atoms with Crippen molar-refractivity contribution >= 4 is 23.4 Å². The van der Waals surface area contributed by atoms with Crippen LogP contribution in [0.3, 0.4) is 0 Å². The Morgan fingerprint density at radius 3 is 2.73 bits per heavy atom. The van der Waals surface area contributed by atoms with Crippen LogP contribution in [0, 0.1) is 0 Å². The zero-order chi connectivity index (χ0) is 21.1. The van der Waals surface area contributed by atoms with Gasteiger partial charge in [-0.2, -0.15) is 0 Å². The molecule has 5 nitrogen and oxygen atoms in total. The standard InChI is InChI=1S/C24H28ClN3O2/c1-16(19-3-2-4-21(25)13-19)27-22-10-9-20(14-22)17-5-7-18(8-6-17)24(30)28-12-11-26-23(29)15-28/h2-8,13,16,20,22,27H,9-12,14-15H2,1H3,(H,26,29)/t16-,20+,22?/m1/s1. The van der Waals surface area contributed by atoms with E-state index in [-0.39, 0.29) is 24.4 Å². The summed E-state index contributed by atoms with van der Waals surface area (Å²) < 4.78 is 0. The van der Waals surface area contributed by atoms with E-state index in [4.69, 9.17) is 11.6 Å². The van der Waals surface area contributed by atoms with Crippen molar-refractivity contribution in [1.29, 1.82) is 0 Å². The summed E-state index contributed by atoms with van der Waals surface area (Å²) in [5, 5.41) is 7.26. The van der Waals surface area contributed by atoms with Gasteiger partial charge in [0.2, 0.25) is 5.91 Å². The van der Waals surface area contributed by atoms with E-state index in [0.29, 0.717) is 30.6 Å². The number of nitrogens with zero attached hydrogens (tertiary/aromatic N) is 1. The summed E-state index contributed by atoms with van der Waals surface area (Å²) in [7, 11) is 0. The molecule has 1 aliphatic heterocycles. The van der Waals surface area contributed by atoms with Crippen molar-refractivity contribution in [2.75, 3.05) is 19.6 Å². The second kappa shape index (κ2) is 9.19. The van der Waals surface area contributed by atoms with Crippen molar-refractivity contribution in [3.63, 3.8) is 0 Å². The molecule has 1 aliphatic carbocycles. The largest absolute Gasteiger partial charge is 0.353 e. The van der Waals surface area contributed by atoms with Crippen molar-refractivity contribution in [1.82, 2.24) is 15.5 Å². The minimum Gasteiger partial charge on any atom is -0.353 e. The van der Waals surface area contributed by atoms with Gasteiger partial charge in [-0.15, -0.1) is 0 Å². The van der Waals surface area contributed by atoms with Gasteiger partial charge in [-0.05, 0) is 67.5 Å². The van der Waals surface area contributed by atoms with Crippen molar-refractivity contribution in [3.8, 4) is 0 Å². The van der Waals surface area contributed by atoms with E-state index < -0.39 is 0 Å². The van der Waals surface area contributed by atoms with Gasteiger partial charge in [-0.1, -0.05) is 35.9 Å². The quantitative estimate of drug-likeness (QED) is 0.763. The van der Waals surface area contributed by atoms with E-state index >= 15 is 0 Å². The summed E-state index contributed by atoms with van der Waals surface area (Å²) in [4.78, 5) is 25.8. The minimum absolute atomic E-state index is 0.0716. The number of piperazine rings is 1. The lowest BCUT2D eigenvalue weighted by molar-refractivity contribution is -0.123. The topological polar surface area (TPSA) is 61.4 Å². The molecule has 1 heterocycles. The Kier molecular flexibility index (Phi) is 6.40. The molecule has 158 valence electrons. The molecular weight excluding hydrogens is 398 g/mol. The van der Waals surface area contributed by atoms with E-state index in [0.717, 1.165) is 24.3 Å². The Labute approximate surface area is 182 Å².